The Hall–Kier alpha value is -0.340. The van der Waals surface area contributed by atoms with Gasteiger partial charge in [-0.05, 0) is 24.7 Å². The molecule has 0 amide bonds. The average Bonchev–Trinajstić information content (AvgIpc) is 2.61. The Kier molecular flexibility index (Phi) is 1.55. The Morgan fingerprint density at radius 2 is 2.18 bits per heavy atom. The number of rotatable bonds is 2. The standard InChI is InChI=1S/C9H14O2/c10-5-8-4-9(6-11)2-1-7(8)3-9/h1-2,7-8,10-11H,3-6H2. The molecular weight excluding hydrogens is 140 g/mol. The highest BCUT2D eigenvalue weighted by Crippen LogP contribution is 2.51. The van der Waals surface area contributed by atoms with Crippen molar-refractivity contribution in [2.45, 2.75) is 12.8 Å². The number of fused-ring (bicyclic) bond motifs is 2. The summed E-state index contributed by atoms with van der Waals surface area (Å²) in [5.41, 5.74) is 0.0397. The molecule has 0 aromatic heterocycles. The predicted molar refractivity (Wildman–Crippen MR) is 42.0 cm³/mol. The monoisotopic (exact) mass is 154 g/mol. The van der Waals surface area contributed by atoms with Crippen molar-refractivity contribution in [1.82, 2.24) is 0 Å². The lowest BCUT2D eigenvalue weighted by Crippen LogP contribution is -2.20. The van der Waals surface area contributed by atoms with Crippen LogP contribution in [0.15, 0.2) is 12.2 Å². The molecule has 0 aliphatic heterocycles. The van der Waals surface area contributed by atoms with E-state index in [1.165, 1.54) is 0 Å². The van der Waals surface area contributed by atoms with Gasteiger partial charge in [-0.3, -0.25) is 0 Å². The van der Waals surface area contributed by atoms with Crippen molar-refractivity contribution in [3.05, 3.63) is 12.2 Å². The molecule has 0 aromatic rings. The van der Waals surface area contributed by atoms with Crippen molar-refractivity contribution < 1.29 is 10.2 Å². The van der Waals surface area contributed by atoms with Crippen molar-refractivity contribution in [2.24, 2.45) is 17.3 Å². The number of aliphatic hydroxyl groups is 2. The largest absolute Gasteiger partial charge is 0.396 e. The summed E-state index contributed by atoms with van der Waals surface area (Å²) >= 11 is 0. The number of aliphatic hydroxyl groups excluding tert-OH is 2. The Labute approximate surface area is 66.5 Å². The van der Waals surface area contributed by atoms with Gasteiger partial charge in [0, 0.05) is 12.0 Å². The molecule has 0 heterocycles. The van der Waals surface area contributed by atoms with Crippen molar-refractivity contribution in [3.8, 4) is 0 Å². The topological polar surface area (TPSA) is 40.5 Å². The summed E-state index contributed by atoms with van der Waals surface area (Å²) in [6.45, 7) is 0.521. The summed E-state index contributed by atoms with van der Waals surface area (Å²) in [7, 11) is 0. The third-order valence-corrected chi connectivity index (χ3v) is 3.16. The molecule has 1 saturated carbocycles. The van der Waals surface area contributed by atoms with Crippen LogP contribution in [0, 0.1) is 17.3 Å². The van der Waals surface area contributed by atoms with Crippen molar-refractivity contribution in [1.29, 1.82) is 0 Å². The minimum Gasteiger partial charge on any atom is -0.396 e. The zero-order valence-electron chi connectivity index (χ0n) is 6.53. The van der Waals surface area contributed by atoms with Crippen LogP contribution in [0.3, 0.4) is 0 Å². The van der Waals surface area contributed by atoms with Crippen LogP contribution in [0.25, 0.3) is 0 Å². The maximum Gasteiger partial charge on any atom is 0.0522 e. The molecular formula is C9H14O2. The molecule has 62 valence electrons. The van der Waals surface area contributed by atoms with Gasteiger partial charge in [-0.2, -0.15) is 0 Å². The zero-order chi connectivity index (χ0) is 7.90. The fraction of sp³-hybridized carbons (Fsp3) is 0.778. The molecule has 2 N–H and O–H groups in total. The molecule has 1 fully saturated rings. The first-order chi connectivity index (χ1) is 5.29. The molecule has 0 spiro atoms. The summed E-state index contributed by atoms with van der Waals surface area (Å²) in [5, 5.41) is 18.1. The maximum atomic E-state index is 9.12. The van der Waals surface area contributed by atoms with Gasteiger partial charge in [-0.1, -0.05) is 12.2 Å². The summed E-state index contributed by atoms with van der Waals surface area (Å²) in [5.74, 6) is 0.944. The van der Waals surface area contributed by atoms with E-state index < -0.39 is 0 Å². The zero-order valence-corrected chi connectivity index (χ0v) is 6.53. The smallest absolute Gasteiger partial charge is 0.0522 e. The van der Waals surface area contributed by atoms with Crippen LogP contribution in [-0.4, -0.2) is 23.4 Å². The lowest BCUT2D eigenvalue weighted by atomic mass is 9.86. The average molecular weight is 154 g/mol. The Bertz CT molecular complexity index is 188. The van der Waals surface area contributed by atoms with Crippen LogP contribution in [0.5, 0.6) is 0 Å². The van der Waals surface area contributed by atoms with Gasteiger partial charge < -0.3 is 10.2 Å². The van der Waals surface area contributed by atoms with Crippen molar-refractivity contribution >= 4 is 0 Å². The van der Waals surface area contributed by atoms with Gasteiger partial charge in [-0.25, -0.2) is 0 Å². The highest BCUT2D eigenvalue weighted by molar-refractivity contribution is 5.17. The van der Waals surface area contributed by atoms with Crippen molar-refractivity contribution in [3.63, 3.8) is 0 Å². The number of hydrogen-bond acceptors (Lipinski definition) is 2. The molecule has 2 bridgehead atoms. The highest BCUT2D eigenvalue weighted by atomic mass is 16.3. The van der Waals surface area contributed by atoms with Gasteiger partial charge in [0.05, 0.1) is 6.61 Å². The second kappa shape index (κ2) is 2.32. The molecule has 0 radical (unpaired) electrons. The Morgan fingerprint density at radius 3 is 2.64 bits per heavy atom. The van der Waals surface area contributed by atoms with Gasteiger partial charge in [0.15, 0.2) is 0 Å². The minimum absolute atomic E-state index is 0.0397. The van der Waals surface area contributed by atoms with Gasteiger partial charge in [-0.15, -0.1) is 0 Å². The first-order valence-corrected chi connectivity index (χ1v) is 4.21. The number of allylic oxidation sites excluding steroid dienone is 1. The van der Waals surface area contributed by atoms with Crippen molar-refractivity contribution in [2.75, 3.05) is 13.2 Å². The van der Waals surface area contributed by atoms with Gasteiger partial charge in [0.25, 0.3) is 0 Å². The van der Waals surface area contributed by atoms with E-state index >= 15 is 0 Å². The number of hydrogen-bond donors (Lipinski definition) is 2. The van der Waals surface area contributed by atoms with Crippen LogP contribution in [0.2, 0.25) is 0 Å². The molecule has 2 heteroatoms. The third-order valence-electron chi connectivity index (χ3n) is 3.16. The molecule has 2 nitrogen and oxygen atoms in total. The Balaban J connectivity index is 2.16. The lowest BCUT2D eigenvalue weighted by molar-refractivity contribution is 0.156. The van der Waals surface area contributed by atoms with Crippen LogP contribution < -0.4 is 0 Å². The summed E-state index contributed by atoms with van der Waals surface area (Å²) in [6, 6.07) is 0. The van der Waals surface area contributed by atoms with Crippen LogP contribution in [-0.2, 0) is 0 Å². The van der Waals surface area contributed by atoms with Crippen LogP contribution in [0.1, 0.15) is 12.8 Å². The molecule has 2 rings (SSSR count). The Morgan fingerprint density at radius 1 is 1.36 bits per heavy atom. The van der Waals surface area contributed by atoms with Gasteiger partial charge >= 0.3 is 0 Å². The molecule has 3 unspecified atom stereocenters. The molecule has 3 atom stereocenters. The molecule has 0 aromatic carbocycles. The third kappa shape index (κ3) is 0.932. The lowest BCUT2D eigenvalue weighted by Gasteiger charge is -2.22. The second-order valence-electron chi connectivity index (χ2n) is 3.89. The summed E-state index contributed by atoms with van der Waals surface area (Å²) < 4.78 is 0. The summed E-state index contributed by atoms with van der Waals surface area (Å²) in [6.07, 6.45) is 6.31. The SMILES string of the molecule is OCC1CC2(CO)C=CC1C2. The van der Waals surface area contributed by atoms with Gasteiger partial charge in [0.2, 0.25) is 0 Å². The fourth-order valence-electron chi connectivity index (χ4n) is 2.46. The minimum atomic E-state index is 0.0397. The second-order valence-corrected chi connectivity index (χ2v) is 3.89. The predicted octanol–water partition coefficient (Wildman–Crippen LogP) is 0.553. The highest BCUT2D eigenvalue weighted by Gasteiger charge is 2.45. The molecule has 2 aliphatic rings. The first-order valence-electron chi connectivity index (χ1n) is 4.21. The normalized spacial score (nSPS) is 47.1. The van der Waals surface area contributed by atoms with E-state index in [0.717, 1.165) is 12.8 Å². The maximum absolute atomic E-state index is 9.12. The quantitative estimate of drug-likeness (QED) is 0.570. The van der Waals surface area contributed by atoms with E-state index in [4.69, 9.17) is 10.2 Å². The van der Waals surface area contributed by atoms with E-state index in [1.54, 1.807) is 0 Å². The van der Waals surface area contributed by atoms with E-state index in [9.17, 15) is 0 Å². The molecule has 11 heavy (non-hydrogen) atoms. The summed E-state index contributed by atoms with van der Waals surface area (Å²) in [4.78, 5) is 0. The van der Waals surface area contributed by atoms with E-state index in [1.807, 2.05) is 0 Å². The van der Waals surface area contributed by atoms with Gasteiger partial charge in [0.1, 0.15) is 0 Å². The van der Waals surface area contributed by atoms with Crippen LogP contribution >= 0.6 is 0 Å². The molecule has 0 saturated heterocycles. The van der Waals surface area contributed by atoms with E-state index in [2.05, 4.69) is 12.2 Å². The molecule has 2 aliphatic carbocycles. The first kappa shape index (κ1) is 7.32. The van der Waals surface area contributed by atoms with E-state index in [-0.39, 0.29) is 18.6 Å². The van der Waals surface area contributed by atoms with E-state index in [0.29, 0.717) is 11.8 Å². The van der Waals surface area contributed by atoms with Crippen LogP contribution in [0.4, 0.5) is 0 Å². The fourth-order valence-corrected chi connectivity index (χ4v) is 2.46.